The van der Waals surface area contributed by atoms with Crippen LogP contribution in [-0.2, 0) is 9.08 Å². The van der Waals surface area contributed by atoms with Crippen LogP contribution < -0.4 is 0 Å². The molecule has 0 amide bonds. The van der Waals surface area contributed by atoms with Crippen LogP contribution in [-0.4, -0.2) is 16.7 Å². The van der Waals surface area contributed by atoms with Gasteiger partial charge < -0.3 is 4.29 Å². The largest absolute Gasteiger partial charge is 0.397 e. The van der Waals surface area contributed by atoms with Gasteiger partial charge in [0.05, 0.1) is 4.92 Å². The molecule has 0 bridgehead atoms. The number of carbonyl (C=O) groups is 2. The number of benzene rings is 1. The van der Waals surface area contributed by atoms with Crippen LogP contribution in [0.15, 0.2) is 24.3 Å². The summed E-state index contributed by atoms with van der Waals surface area (Å²) in [6.45, 7) is 0. The first-order valence-electron chi connectivity index (χ1n) is 3.68. The summed E-state index contributed by atoms with van der Waals surface area (Å²) < 4.78 is 3.69. The van der Waals surface area contributed by atoms with Gasteiger partial charge in [0.1, 0.15) is 11.9 Å². The van der Waals surface area contributed by atoms with Gasteiger partial charge in [0.15, 0.2) is 0 Å². The lowest BCUT2D eigenvalue weighted by Gasteiger charge is -1.96. The summed E-state index contributed by atoms with van der Waals surface area (Å²) in [6, 6.07) is 4.51. The minimum Gasteiger partial charge on any atom is -0.341 e. The van der Waals surface area contributed by atoms with E-state index >= 15 is 0 Å². The number of rotatable bonds is 3. The molecule has 0 spiro atoms. The third-order valence-corrected chi connectivity index (χ3v) is 1.74. The summed E-state index contributed by atoms with van der Waals surface area (Å²) in [5.74, 6) is -2.19. The molecular formula is C8H4ClNO5. The molecule has 0 atom stereocenters. The Morgan fingerprint density at radius 2 is 1.80 bits per heavy atom. The standard InChI is InChI=1S/C8H4ClNO5/c9-15-8(12)7(11)5-1-3-6(4-2-5)10(13)14/h1-4H. The molecular weight excluding hydrogens is 226 g/mol. The van der Waals surface area contributed by atoms with Gasteiger partial charge >= 0.3 is 5.97 Å². The highest BCUT2D eigenvalue weighted by molar-refractivity contribution is 6.43. The Morgan fingerprint density at radius 3 is 2.20 bits per heavy atom. The van der Waals surface area contributed by atoms with Crippen LogP contribution in [0.1, 0.15) is 10.4 Å². The van der Waals surface area contributed by atoms with Gasteiger partial charge in [-0.2, -0.15) is 0 Å². The summed E-state index contributed by atoms with van der Waals surface area (Å²) >= 11 is 4.70. The molecule has 0 saturated heterocycles. The van der Waals surface area contributed by atoms with Crippen LogP contribution in [0.5, 0.6) is 0 Å². The minimum atomic E-state index is -1.23. The van der Waals surface area contributed by atoms with Crippen molar-refractivity contribution >= 4 is 29.3 Å². The van der Waals surface area contributed by atoms with Crippen LogP contribution in [0.25, 0.3) is 0 Å². The quantitative estimate of drug-likeness (QED) is 0.339. The van der Waals surface area contributed by atoms with E-state index in [9.17, 15) is 19.7 Å². The number of halogens is 1. The van der Waals surface area contributed by atoms with Crippen molar-refractivity contribution < 1.29 is 18.8 Å². The third-order valence-electron chi connectivity index (χ3n) is 1.60. The Kier molecular flexibility index (Phi) is 3.35. The Balaban J connectivity index is 2.94. The second-order valence-electron chi connectivity index (χ2n) is 2.50. The molecule has 0 aliphatic rings. The molecule has 78 valence electrons. The molecule has 6 nitrogen and oxygen atoms in total. The lowest BCUT2D eigenvalue weighted by atomic mass is 10.1. The van der Waals surface area contributed by atoms with E-state index in [1.54, 1.807) is 0 Å². The first-order chi connectivity index (χ1) is 7.06. The highest BCUT2D eigenvalue weighted by Crippen LogP contribution is 2.12. The maximum absolute atomic E-state index is 11.1. The normalized spacial score (nSPS) is 9.40. The van der Waals surface area contributed by atoms with Gasteiger partial charge in [-0.1, -0.05) is 0 Å². The Hall–Kier alpha value is -1.95. The number of hydrogen-bond acceptors (Lipinski definition) is 5. The van der Waals surface area contributed by atoms with Crippen LogP contribution in [0, 0.1) is 10.1 Å². The summed E-state index contributed by atoms with van der Waals surface area (Å²) in [7, 11) is 0. The lowest BCUT2D eigenvalue weighted by molar-refractivity contribution is -0.384. The molecule has 0 aliphatic heterocycles. The van der Waals surface area contributed by atoms with Crippen molar-refractivity contribution in [1.29, 1.82) is 0 Å². The molecule has 1 rings (SSSR count). The number of hydrogen-bond donors (Lipinski definition) is 0. The second kappa shape index (κ2) is 4.52. The van der Waals surface area contributed by atoms with Crippen LogP contribution in [0.3, 0.4) is 0 Å². The maximum atomic E-state index is 11.1. The molecule has 0 aliphatic carbocycles. The van der Waals surface area contributed by atoms with E-state index in [0.717, 1.165) is 24.3 Å². The number of Topliss-reactive ketones (excluding diaryl/α,β-unsaturated/α-hetero) is 1. The number of nitro benzene ring substituents is 1. The molecule has 15 heavy (non-hydrogen) atoms. The van der Waals surface area contributed by atoms with E-state index in [1.165, 1.54) is 0 Å². The zero-order valence-corrected chi connectivity index (χ0v) is 7.93. The predicted octanol–water partition coefficient (Wildman–Crippen LogP) is 1.47. The van der Waals surface area contributed by atoms with E-state index in [4.69, 9.17) is 11.9 Å². The molecule has 0 aromatic heterocycles. The van der Waals surface area contributed by atoms with Gasteiger partial charge in [-0.05, 0) is 12.1 Å². The summed E-state index contributed by atoms with van der Waals surface area (Å²) in [5, 5.41) is 10.3. The molecule has 0 radical (unpaired) electrons. The molecule has 7 heteroatoms. The van der Waals surface area contributed by atoms with E-state index in [0.29, 0.717) is 0 Å². The number of nitrogens with zero attached hydrogens (tertiary/aromatic N) is 1. The molecule has 0 saturated carbocycles. The third kappa shape index (κ3) is 2.50. The molecule has 1 aromatic carbocycles. The lowest BCUT2D eigenvalue weighted by Crippen LogP contribution is -2.13. The number of carbonyl (C=O) groups excluding carboxylic acids is 2. The first-order valence-corrected chi connectivity index (χ1v) is 3.99. The second-order valence-corrected chi connectivity index (χ2v) is 2.65. The molecule has 0 N–H and O–H groups in total. The minimum absolute atomic E-state index is 0.0220. The maximum Gasteiger partial charge on any atom is 0.397 e. The van der Waals surface area contributed by atoms with Crippen molar-refractivity contribution in [2.75, 3.05) is 0 Å². The van der Waals surface area contributed by atoms with E-state index in [2.05, 4.69) is 4.29 Å². The van der Waals surface area contributed by atoms with Crippen molar-refractivity contribution in [2.45, 2.75) is 0 Å². The number of non-ortho nitro benzene ring substituents is 1. The Morgan fingerprint density at radius 1 is 1.27 bits per heavy atom. The van der Waals surface area contributed by atoms with E-state index in [1.807, 2.05) is 0 Å². The number of ketones is 1. The fraction of sp³-hybridized carbons (Fsp3) is 0. The van der Waals surface area contributed by atoms with Crippen LogP contribution in [0.2, 0.25) is 0 Å². The van der Waals surface area contributed by atoms with Crippen LogP contribution >= 0.6 is 11.9 Å². The molecule has 0 unspecified atom stereocenters. The Bertz CT molecular complexity index is 414. The van der Waals surface area contributed by atoms with E-state index in [-0.39, 0.29) is 11.3 Å². The van der Waals surface area contributed by atoms with Gasteiger partial charge in [-0.25, -0.2) is 4.79 Å². The van der Waals surface area contributed by atoms with Gasteiger partial charge in [-0.3, -0.25) is 14.9 Å². The fourth-order valence-electron chi connectivity index (χ4n) is 0.887. The monoisotopic (exact) mass is 229 g/mol. The highest BCUT2D eigenvalue weighted by atomic mass is 35.5. The van der Waals surface area contributed by atoms with Gasteiger partial charge in [0.25, 0.3) is 11.5 Å². The average molecular weight is 230 g/mol. The highest BCUT2D eigenvalue weighted by Gasteiger charge is 2.18. The van der Waals surface area contributed by atoms with Gasteiger partial charge in [0.2, 0.25) is 0 Å². The summed E-state index contributed by atoms with van der Waals surface area (Å²) in [6.07, 6.45) is 0. The SMILES string of the molecule is O=C(OCl)C(=O)c1ccc([N+](=O)[O-])cc1. The average Bonchev–Trinajstić information content (AvgIpc) is 2.27. The van der Waals surface area contributed by atoms with E-state index < -0.39 is 16.7 Å². The fourth-order valence-corrected chi connectivity index (χ4v) is 0.957. The summed E-state index contributed by atoms with van der Waals surface area (Å²) in [5.41, 5.74) is -0.197. The first kappa shape index (κ1) is 11.1. The zero-order chi connectivity index (χ0) is 11.4. The Labute approximate surface area is 88.7 Å². The number of nitro groups is 1. The molecule has 1 aromatic rings. The van der Waals surface area contributed by atoms with Crippen molar-refractivity contribution in [1.82, 2.24) is 0 Å². The van der Waals surface area contributed by atoms with Gasteiger partial charge in [-0.15, -0.1) is 0 Å². The van der Waals surface area contributed by atoms with Gasteiger partial charge in [0, 0.05) is 17.7 Å². The summed E-state index contributed by atoms with van der Waals surface area (Å²) in [4.78, 5) is 31.5. The topological polar surface area (TPSA) is 86.5 Å². The van der Waals surface area contributed by atoms with Crippen molar-refractivity contribution in [3.63, 3.8) is 0 Å². The predicted molar refractivity (Wildman–Crippen MR) is 49.4 cm³/mol. The smallest absolute Gasteiger partial charge is 0.341 e. The molecule has 0 heterocycles. The van der Waals surface area contributed by atoms with Crippen molar-refractivity contribution in [2.24, 2.45) is 0 Å². The van der Waals surface area contributed by atoms with Crippen molar-refractivity contribution in [3.8, 4) is 0 Å². The van der Waals surface area contributed by atoms with Crippen LogP contribution in [0.4, 0.5) is 5.69 Å². The van der Waals surface area contributed by atoms with Crippen molar-refractivity contribution in [3.05, 3.63) is 39.9 Å². The molecule has 0 fully saturated rings. The zero-order valence-electron chi connectivity index (χ0n) is 7.18.